The summed E-state index contributed by atoms with van der Waals surface area (Å²) >= 11 is 0. The van der Waals surface area contributed by atoms with Gasteiger partial charge in [0.25, 0.3) is 5.91 Å². The first-order valence-electron chi connectivity index (χ1n) is 10.5. The second-order valence-corrected chi connectivity index (χ2v) is 9.19. The molecule has 1 spiro atoms. The molecule has 29 heavy (non-hydrogen) atoms. The normalized spacial score (nSPS) is 26.5. The van der Waals surface area contributed by atoms with Gasteiger partial charge in [0.2, 0.25) is 5.91 Å². The molecule has 154 valence electrons. The summed E-state index contributed by atoms with van der Waals surface area (Å²) in [7, 11) is 0. The number of hydrogen-bond donors (Lipinski definition) is 3. The fraction of sp³-hybridized carbons (Fsp3) is 0.545. The van der Waals surface area contributed by atoms with Crippen molar-refractivity contribution in [2.75, 3.05) is 19.6 Å². The number of aromatic amines is 1. The maximum atomic E-state index is 14.1. The standard InChI is InChI=1S/C22H27FN4O2/c1-13-5-6-17(23)16-8-18(26-20(13)16)21(29)25-14-3-2-4-15(7-14)27-11-22(12-27)9-19(28)24-10-22/h5-6,8,14-15,26H,2-4,7,9-12H2,1H3,(H,24,28)(H,25,29)/t14-,15-/m1/s1. The molecule has 2 amide bonds. The van der Waals surface area contributed by atoms with Crippen molar-refractivity contribution in [3.63, 3.8) is 0 Å². The summed E-state index contributed by atoms with van der Waals surface area (Å²) in [5.74, 6) is -0.315. The van der Waals surface area contributed by atoms with Crippen LogP contribution in [0, 0.1) is 18.2 Å². The molecule has 3 heterocycles. The van der Waals surface area contributed by atoms with Crippen LogP contribution in [0.3, 0.4) is 0 Å². The molecule has 0 radical (unpaired) electrons. The Hall–Kier alpha value is -2.41. The molecule has 1 aromatic heterocycles. The number of likely N-dealkylation sites (tertiary alicyclic amines) is 1. The van der Waals surface area contributed by atoms with E-state index in [0.717, 1.165) is 50.9 Å². The van der Waals surface area contributed by atoms with Gasteiger partial charge in [0.1, 0.15) is 11.5 Å². The minimum absolute atomic E-state index is 0.124. The number of aryl methyl sites for hydroxylation is 1. The second kappa shape index (κ2) is 6.83. The molecule has 5 rings (SSSR count). The number of carbonyl (C=O) groups excluding carboxylic acids is 2. The second-order valence-electron chi connectivity index (χ2n) is 9.19. The Labute approximate surface area is 169 Å². The average molecular weight is 398 g/mol. The van der Waals surface area contributed by atoms with Gasteiger partial charge in [-0.1, -0.05) is 6.07 Å². The first-order chi connectivity index (χ1) is 13.9. The van der Waals surface area contributed by atoms with Gasteiger partial charge in [-0.05, 0) is 50.3 Å². The molecule has 2 aliphatic heterocycles. The Balaban J connectivity index is 1.22. The van der Waals surface area contributed by atoms with E-state index in [2.05, 4.69) is 20.5 Å². The molecule has 7 heteroatoms. The summed E-state index contributed by atoms with van der Waals surface area (Å²) in [4.78, 5) is 29.9. The summed E-state index contributed by atoms with van der Waals surface area (Å²) in [6.45, 7) is 4.64. The van der Waals surface area contributed by atoms with E-state index in [9.17, 15) is 14.0 Å². The molecular weight excluding hydrogens is 371 g/mol. The molecule has 0 bridgehead atoms. The Morgan fingerprint density at radius 1 is 1.31 bits per heavy atom. The predicted octanol–water partition coefficient (Wildman–Crippen LogP) is 2.48. The molecule has 3 aliphatic rings. The van der Waals surface area contributed by atoms with E-state index in [4.69, 9.17) is 0 Å². The number of nitrogens with one attached hydrogen (secondary N) is 3. The third-order valence-electron chi connectivity index (χ3n) is 6.96. The number of rotatable bonds is 3. The summed E-state index contributed by atoms with van der Waals surface area (Å²) in [5.41, 5.74) is 2.15. The number of halogens is 1. The molecule has 6 nitrogen and oxygen atoms in total. The van der Waals surface area contributed by atoms with Gasteiger partial charge in [-0.2, -0.15) is 0 Å². The fourth-order valence-electron chi connectivity index (χ4n) is 5.39. The summed E-state index contributed by atoms with van der Waals surface area (Å²) in [6, 6.07) is 5.34. The highest BCUT2D eigenvalue weighted by atomic mass is 19.1. The number of nitrogens with zero attached hydrogens (tertiary/aromatic N) is 1. The Bertz CT molecular complexity index is 940. The van der Waals surface area contributed by atoms with Gasteiger partial charge < -0.3 is 15.6 Å². The Morgan fingerprint density at radius 3 is 2.86 bits per heavy atom. The van der Waals surface area contributed by atoms with Crippen molar-refractivity contribution in [2.45, 2.75) is 51.1 Å². The maximum absolute atomic E-state index is 14.1. The third kappa shape index (κ3) is 3.31. The van der Waals surface area contributed by atoms with Gasteiger partial charge in [-0.15, -0.1) is 0 Å². The molecule has 1 aliphatic carbocycles. The lowest BCUT2D eigenvalue weighted by Gasteiger charge is -2.52. The zero-order valence-electron chi connectivity index (χ0n) is 16.7. The number of amides is 2. The van der Waals surface area contributed by atoms with E-state index in [1.165, 1.54) is 6.07 Å². The van der Waals surface area contributed by atoms with Crippen molar-refractivity contribution in [1.82, 2.24) is 20.5 Å². The molecule has 2 saturated heterocycles. The number of H-pyrrole nitrogens is 1. The van der Waals surface area contributed by atoms with Gasteiger partial charge in [-0.25, -0.2) is 4.39 Å². The largest absolute Gasteiger partial charge is 0.355 e. The minimum atomic E-state index is -0.315. The van der Waals surface area contributed by atoms with Crippen LogP contribution < -0.4 is 10.6 Å². The van der Waals surface area contributed by atoms with E-state index >= 15 is 0 Å². The van der Waals surface area contributed by atoms with Gasteiger partial charge >= 0.3 is 0 Å². The summed E-state index contributed by atoms with van der Waals surface area (Å²) < 4.78 is 14.1. The number of hydrogen-bond acceptors (Lipinski definition) is 3. The van der Waals surface area contributed by atoms with Crippen LogP contribution in [0.4, 0.5) is 4.39 Å². The zero-order chi connectivity index (χ0) is 20.2. The van der Waals surface area contributed by atoms with E-state index in [1.807, 2.05) is 6.92 Å². The quantitative estimate of drug-likeness (QED) is 0.743. The topological polar surface area (TPSA) is 77.2 Å². The predicted molar refractivity (Wildman–Crippen MR) is 108 cm³/mol. The van der Waals surface area contributed by atoms with Crippen LogP contribution in [0.2, 0.25) is 0 Å². The van der Waals surface area contributed by atoms with Crippen molar-refractivity contribution in [1.29, 1.82) is 0 Å². The molecule has 1 aromatic carbocycles. The zero-order valence-corrected chi connectivity index (χ0v) is 16.7. The molecule has 3 N–H and O–H groups in total. The lowest BCUT2D eigenvalue weighted by atomic mass is 9.76. The highest BCUT2D eigenvalue weighted by molar-refractivity contribution is 5.99. The minimum Gasteiger partial charge on any atom is -0.355 e. The highest BCUT2D eigenvalue weighted by Crippen LogP contribution is 2.40. The lowest BCUT2D eigenvalue weighted by Crippen LogP contribution is -2.62. The molecule has 0 unspecified atom stereocenters. The number of benzene rings is 1. The fourth-order valence-corrected chi connectivity index (χ4v) is 5.39. The van der Waals surface area contributed by atoms with Crippen LogP contribution in [-0.2, 0) is 4.79 Å². The van der Waals surface area contributed by atoms with Gasteiger partial charge in [-0.3, -0.25) is 14.5 Å². The van der Waals surface area contributed by atoms with E-state index in [1.54, 1.807) is 12.1 Å². The van der Waals surface area contributed by atoms with Crippen molar-refractivity contribution in [3.05, 3.63) is 35.3 Å². The summed E-state index contributed by atoms with van der Waals surface area (Å²) in [6.07, 6.45) is 4.76. The number of fused-ring (bicyclic) bond motifs is 1. The van der Waals surface area contributed by atoms with Crippen molar-refractivity contribution in [3.8, 4) is 0 Å². The molecular formula is C22H27FN4O2. The molecule has 3 fully saturated rings. The molecule has 1 saturated carbocycles. The van der Waals surface area contributed by atoms with Gasteiger partial charge in [0, 0.05) is 48.9 Å². The van der Waals surface area contributed by atoms with E-state index in [-0.39, 0.29) is 29.1 Å². The number of carbonyl (C=O) groups is 2. The SMILES string of the molecule is Cc1ccc(F)c2cc(C(=O)N[C@@H]3CCC[C@@H](N4CC5(CNC(=O)C5)C4)C3)[nH]c12. The van der Waals surface area contributed by atoms with Crippen LogP contribution in [0.5, 0.6) is 0 Å². The van der Waals surface area contributed by atoms with Crippen LogP contribution >= 0.6 is 0 Å². The summed E-state index contributed by atoms with van der Waals surface area (Å²) in [5, 5.41) is 6.57. The molecule has 2 atom stereocenters. The first-order valence-corrected chi connectivity index (χ1v) is 10.5. The first kappa shape index (κ1) is 18.6. The van der Waals surface area contributed by atoms with Crippen LogP contribution in [0.1, 0.15) is 48.2 Å². The average Bonchev–Trinajstić information content (AvgIpc) is 3.29. The van der Waals surface area contributed by atoms with Gasteiger partial charge in [0.15, 0.2) is 0 Å². The van der Waals surface area contributed by atoms with Crippen molar-refractivity contribution >= 4 is 22.7 Å². The van der Waals surface area contributed by atoms with Crippen molar-refractivity contribution < 1.29 is 14.0 Å². The van der Waals surface area contributed by atoms with Crippen LogP contribution in [0.15, 0.2) is 18.2 Å². The van der Waals surface area contributed by atoms with E-state index < -0.39 is 0 Å². The van der Waals surface area contributed by atoms with Crippen molar-refractivity contribution in [2.24, 2.45) is 5.41 Å². The van der Waals surface area contributed by atoms with E-state index in [0.29, 0.717) is 29.1 Å². The number of aromatic nitrogens is 1. The highest BCUT2D eigenvalue weighted by Gasteiger charge is 2.50. The molecule has 2 aromatic rings. The third-order valence-corrected chi connectivity index (χ3v) is 6.96. The van der Waals surface area contributed by atoms with Crippen LogP contribution in [0.25, 0.3) is 10.9 Å². The van der Waals surface area contributed by atoms with Crippen LogP contribution in [-0.4, -0.2) is 53.4 Å². The van der Waals surface area contributed by atoms with Gasteiger partial charge in [0.05, 0.1) is 5.52 Å². The maximum Gasteiger partial charge on any atom is 0.267 e. The lowest BCUT2D eigenvalue weighted by molar-refractivity contribution is -0.121. The Morgan fingerprint density at radius 2 is 2.14 bits per heavy atom. The Kier molecular flexibility index (Phi) is 4.38. The smallest absolute Gasteiger partial charge is 0.267 e. The monoisotopic (exact) mass is 398 g/mol.